The number of aromatic nitrogens is 1. The number of allylic oxidation sites excluding steroid dienone is 2. The van der Waals surface area contributed by atoms with Crippen LogP contribution < -0.4 is 10.1 Å². The number of hydrogen-bond acceptors (Lipinski definition) is 6. The van der Waals surface area contributed by atoms with Crippen molar-refractivity contribution < 1.29 is 19.4 Å². The molecule has 0 radical (unpaired) electrons. The fourth-order valence-electron chi connectivity index (χ4n) is 9.76. The summed E-state index contributed by atoms with van der Waals surface area (Å²) in [5, 5.41) is 15.2. The fraction of sp³-hybridized carbons (Fsp3) is 0.765. The predicted molar refractivity (Wildman–Crippen MR) is 156 cm³/mol. The van der Waals surface area contributed by atoms with E-state index in [0.29, 0.717) is 49.2 Å². The highest BCUT2D eigenvalue weighted by molar-refractivity contribution is 5.82. The Bertz CT molecular complexity index is 1080. The van der Waals surface area contributed by atoms with E-state index in [-0.39, 0.29) is 23.0 Å². The Morgan fingerprint density at radius 3 is 2.77 bits per heavy atom. The number of pyridine rings is 1. The molecule has 0 amide bonds. The van der Waals surface area contributed by atoms with E-state index in [1.165, 1.54) is 37.7 Å². The third kappa shape index (κ3) is 5.29. The highest BCUT2D eigenvalue weighted by atomic mass is 16.5. The monoisotopic (exact) mass is 550 g/mol. The summed E-state index contributed by atoms with van der Waals surface area (Å²) in [5.41, 5.74) is 2.64. The molecule has 0 saturated heterocycles. The van der Waals surface area contributed by atoms with Crippen LogP contribution in [0.1, 0.15) is 108 Å². The van der Waals surface area contributed by atoms with Crippen LogP contribution in [-0.4, -0.2) is 48.3 Å². The lowest BCUT2D eigenvalue weighted by molar-refractivity contribution is -0.123. The number of hydrogen-bond donors (Lipinski definition) is 2. The molecule has 0 bridgehead atoms. The molecule has 1 aromatic rings. The molecule has 5 unspecified atom stereocenters. The quantitative estimate of drug-likeness (QED) is 0.350. The number of methoxy groups -OCH3 is 1. The Balaban J connectivity index is 1.12. The second-order valence-corrected chi connectivity index (χ2v) is 13.9. The summed E-state index contributed by atoms with van der Waals surface area (Å²) in [6.45, 7) is 3.65. The van der Waals surface area contributed by atoms with Crippen LogP contribution >= 0.6 is 0 Å². The number of aliphatic hydroxyl groups excluding tert-OH is 1. The standard InChI is InChI=1S/C34H50N2O4/c1-33-14-12-26(37)19-24(33)8-9-28-29(33)13-15-34(30(28)10-11-32(34)38)16-17-40-27-18-23(20-35-21-27)31(22-39-2)36-25-6-4-3-5-7-25/h8,18,20-21,25,28-32,36,38H,3-7,9-17,19,22H2,1-2H3/t28?,29?,30?,31?,32?,33-,34+/m0/s1. The largest absolute Gasteiger partial charge is 0.492 e. The van der Waals surface area contributed by atoms with E-state index in [0.717, 1.165) is 62.7 Å². The first-order chi connectivity index (χ1) is 19.4. The minimum atomic E-state index is -0.247. The van der Waals surface area contributed by atoms with E-state index in [9.17, 15) is 9.90 Å². The molecule has 0 spiro atoms. The number of ketones is 1. The van der Waals surface area contributed by atoms with Gasteiger partial charge in [-0.3, -0.25) is 9.78 Å². The van der Waals surface area contributed by atoms with E-state index in [2.05, 4.69) is 29.4 Å². The Kier molecular flexibility index (Phi) is 8.40. The summed E-state index contributed by atoms with van der Waals surface area (Å²) in [6, 6.07) is 2.78. The van der Waals surface area contributed by atoms with Gasteiger partial charge in [0.25, 0.3) is 0 Å². The van der Waals surface area contributed by atoms with E-state index < -0.39 is 0 Å². The second-order valence-electron chi connectivity index (χ2n) is 13.9. The molecule has 5 aliphatic carbocycles. The zero-order valence-corrected chi connectivity index (χ0v) is 24.7. The third-order valence-electron chi connectivity index (χ3n) is 12.0. The highest BCUT2D eigenvalue weighted by Gasteiger charge is 2.60. The number of fused-ring (bicyclic) bond motifs is 5. The molecule has 4 fully saturated rings. The molecule has 4 saturated carbocycles. The van der Waals surface area contributed by atoms with Crippen LogP contribution in [0.2, 0.25) is 0 Å². The average Bonchev–Trinajstić information content (AvgIpc) is 3.30. The van der Waals surface area contributed by atoms with Crippen LogP contribution in [0.15, 0.2) is 30.1 Å². The number of nitrogens with one attached hydrogen (secondary N) is 1. The van der Waals surface area contributed by atoms with Gasteiger partial charge >= 0.3 is 0 Å². The maximum Gasteiger partial charge on any atom is 0.137 e. The molecule has 1 heterocycles. The molecule has 6 heteroatoms. The third-order valence-corrected chi connectivity index (χ3v) is 12.0. The van der Waals surface area contributed by atoms with Crippen molar-refractivity contribution in [1.29, 1.82) is 0 Å². The smallest absolute Gasteiger partial charge is 0.137 e. The van der Waals surface area contributed by atoms with Gasteiger partial charge in [-0.15, -0.1) is 0 Å². The van der Waals surface area contributed by atoms with Gasteiger partial charge < -0.3 is 19.9 Å². The van der Waals surface area contributed by atoms with Crippen LogP contribution in [0, 0.1) is 28.6 Å². The Labute approximate surface area is 240 Å². The molecular formula is C34H50N2O4. The molecule has 1 aromatic heterocycles. The van der Waals surface area contributed by atoms with Gasteiger partial charge in [-0.25, -0.2) is 0 Å². The summed E-state index contributed by atoms with van der Waals surface area (Å²) in [4.78, 5) is 16.7. The van der Waals surface area contributed by atoms with Gasteiger partial charge in [0.05, 0.1) is 31.6 Å². The van der Waals surface area contributed by atoms with E-state index >= 15 is 0 Å². The normalized spacial score (nSPS) is 36.8. The summed E-state index contributed by atoms with van der Waals surface area (Å²) in [7, 11) is 1.76. The number of rotatable bonds is 9. The average molecular weight is 551 g/mol. The van der Waals surface area contributed by atoms with Crippen LogP contribution in [0.4, 0.5) is 0 Å². The molecule has 0 aromatic carbocycles. The Morgan fingerprint density at radius 2 is 1.95 bits per heavy atom. The van der Waals surface area contributed by atoms with Crippen molar-refractivity contribution in [2.24, 2.45) is 28.6 Å². The van der Waals surface area contributed by atoms with E-state index in [1.807, 2.05) is 12.4 Å². The zero-order valence-electron chi connectivity index (χ0n) is 24.7. The molecule has 7 atom stereocenters. The zero-order chi connectivity index (χ0) is 27.7. The van der Waals surface area contributed by atoms with Crippen molar-refractivity contribution in [3.05, 3.63) is 35.7 Å². The van der Waals surface area contributed by atoms with Gasteiger partial charge in [0, 0.05) is 37.6 Å². The summed E-state index contributed by atoms with van der Waals surface area (Å²) in [5.74, 6) is 3.01. The SMILES string of the molecule is COCC(NC1CCCCC1)c1cncc(OCC[C@]23CCC4C(CC=C5CC(=O)CC[C@@]54C)C2CCC3O)c1. The van der Waals surface area contributed by atoms with E-state index in [1.54, 1.807) is 7.11 Å². The maximum atomic E-state index is 12.2. The lowest BCUT2D eigenvalue weighted by Crippen LogP contribution is -2.52. The van der Waals surface area contributed by atoms with Crippen molar-refractivity contribution in [3.8, 4) is 5.75 Å². The number of Topliss-reactive ketones (excluding diaryl/α,β-unsaturated/α-hetero) is 1. The molecule has 6 rings (SSSR count). The van der Waals surface area contributed by atoms with Crippen LogP contribution in [0.3, 0.4) is 0 Å². The van der Waals surface area contributed by atoms with E-state index in [4.69, 9.17) is 9.47 Å². The predicted octanol–water partition coefficient (Wildman–Crippen LogP) is 6.33. The number of nitrogens with zero attached hydrogens (tertiary/aromatic N) is 1. The minimum Gasteiger partial charge on any atom is -0.492 e. The molecule has 40 heavy (non-hydrogen) atoms. The molecule has 220 valence electrons. The van der Waals surface area contributed by atoms with Crippen molar-refractivity contribution in [2.75, 3.05) is 20.3 Å². The first-order valence-electron chi connectivity index (χ1n) is 16.1. The van der Waals surface area contributed by atoms with Crippen molar-refractivity contribution in [2.45, 2.75) is 115 Å². The van der Waals surface area contributed by atoms with Crippen molar-refractivity contribution in [3.63, 3.8) is 0 Å². The van der Waals surface area contributed by atoms with Gasteiger partial charge in [0.2, 0.25) is 0 Å². The highest BCUT2D eigenvalue weighted by Crippen LogP contribution is 2.65. The molecular weight excluding hydrogens is 500 g/mol. The minimum absolute atomic E-state index is 0.0560. The van der Waals surface area contributed by atoms with Crippen LogP contribution in [-0.2, 0) is 9.53 Å². The number of carbonyl (C=O) groups is 1. The van der Waals surface area contributed by atoms with Crippen LogP contribution in [0.5, 0.6) is 5.75 Å². The van der Waals surface area contributed by atoms with Gasteiger partial charge in [-0.1, -0.05) is 37.8 Å². The lowest BCUT2D eigenvalue weighted by atomic mass is 9.47. The topological polar surface area (TPSA) is 80.7 Å². The maximum absolute atomic E-state index is 12.2. The number of aliphatic hydroxyl groups is 1. The first kappa shape index (κ1) is 28.4. The summed E-state index contributed by atoms with van der Waals surface area (Å²) >= 11 is 0. The van der Waals surface area contributed by atoms with Crippen molar-refractivity contribution in [1.82, 2.24) is 10.3 Å². The van der Waals surface area contributed by atoms with Crippen LogP contribution in [0.25, 0.3) is 0 Å². The first-order valence-corrected chi connectivity index (χ1v) is 16.1. The van der Waals surface area contributed by atoms with Gasteiger partial charge in [-0.2, -0.15) is 0 Å². The summed E-state index contributed by atoms with van der Waals surface area (Å²) in [6.07, 6.45) is 20.9. The molecule has 0 aliphatic heterocycles. The molecule has 2 N–H and O–H groups in total. The van der Waals surface area contributed by atoms with Gasteiger partial charge in [-0.05, 0) is 92.6 Å². The van der Waals surface area contributed by atoms with Gasteiger partial charge in [0.1, 0.15) is 11.5 Å². The number of carbonyl (C=O) groups excluding carboxylic acids is 1. The Morgan fingerprint density at radius 1 is 1.10 bits per heavy atom. The number of ether oxygens (including phenoxy) is 2. The van der Waals surface area contributed by atoms with Gasteiger partial charge in [0.15, 0.2) is 0 Å². The van der Waals surface area contributed by atoms with Crippen molar-refractivity contribution >= 4 is 5.78 Å². The Hall–Kier alpha value is -1.76. The molecule has 5 aliphatic rings. The lowest BCUT2D eigenvalue weighted by Gasteiger charge is -2.57. The summed E-state index contributed by atoms with van der Waals surface area (Å²) < 4.78 is 11.9. The molecule has 6 nitrogen and oxygen atoms in total. The second kappa shape index (κ2) is 11.9. The fourth-order valence-corrected chi connectivity index (χ4v) is 9.76.